The maximum absolute atomic E-state index is 12.3. The number of carbonyl (C=O) groups is 1. The van der Waals surface area contributed by atoms with E-state index in [1.807, 2.05) is 23.9 Å². The Morgan fingerprint density at radius 1 is 1.28 bits per heavy atom. The summed E-state index contributed by atoms with van der Waals surface area (Å²) in [6.07, 6.45) is 5.26. The van der Waals surface area contributed by atoms with Crippen LogP contribution in [0.1, 0.15) is 36.0 Å². The molecule has 1 aliphatic carbocycles. The summed E-state index contributed by atoms with van der Waals surface area (Å²) in [6, 6.07) is 8.12. The molecule has 3 heteroatoms. The Labute approximate surface area is 116 Å². The molecule has 2 aromatic rings. The average Bonchev–Trinajstić information content (AvgIpc) is 3.05. The summed E-state index contributed by atoms with van der Waals surface area (Å²) in [5.74, 6) is 0.932. The first-order chi connectivity index (χ1) is 8.84. The normalized spacial score (nSPS) is 16.4. The zero-order valence-electron chi connectivity index (χ0n) is 10.2. The molecule has 1 aromatic carbocycles. The number of thiophene rings is 1. The average molecular weight is 276 g/mol. The SMILES string of the molecule is O=C(CSC1CCCC1)c1cccc2ccsc12. The molecular weight excluding hydrogens is 260 g/mol. The van der Waals surface area contributed by atoms with Crippen LogP contribution in [-0.2, 0) is 0 Å². The number of fused-ring (bicyclic) bond motifs is 1. The fourth-order valence-corrected chi connectivity index (χ4v) is 4.68. The van der Waals surface area contributed by atoms with Crippen LogP contribution in [0.15, 0.2) is 29.6 Å². The second kappa shape index (κ2) is 5.45. The summed E-state index contributed by atoms with van der Waals surface area (Å²) in [5, 5.41) is 3.97. The van der Waals surface area contributed by atoms with Gasteiger partial charge in [0.2, 0.25) is 0 Å². The van der Waals surface area contributed by atoms with Crippen LogP contribution in [0.5, 0.6) is 0 Å². The second-order valence-corrected chi connectivity index (χ2v) is 6.99. The summed E-state index contributed by atoms with van der Waals surface area (Å²) in [5.41, 5.74) is 0.910. The molecule has 94 valence electrons. The first-order valence-electron chi connectivity index (χ1n) is 6.45. The number of benzene rings is 1. The van der Waals surface area contributed by atoms with Crippen molar-refractivity contribution in [1.29, 1.82) is 0 Å². The molecule has 18 heavy (non-hydrogen) atoms. The van der Waals surface area contributed by atoms with Gasteiger partial charge in [-0.3, -0.25) is 4.79 Å². The van der Waals surface area contributed by atoms with Crippen molar-refractivity contribution in [3.63, 3.8) is 0 Å². The number of Topliss-reactive ketones (excluding diaryl/α,β-unsaturated/α-hetero) is 1. The lowest BCUT2D eigenvalue weighted by Gasteiger charge is -2.08. The van der Waals surface area contributed by atoms with E-state index in [1.165, 1.54) is 31.1 Å². The molecule has 3 rings (SSSR count). The highest BCUT2D eigenvalue weighted by Gasteiger charge is 2.18. The molecule has 0 radical (unpaired) electrons. The number of rotatable bonds is 4. The fraction of sp³-hybridized carbons (Fsp3) is 0.400. The van der Waals surface area contributed by atoms with E-state index in [9.17, 15) is 4.79 Å². The minimum atomic E-state index is 0.292. The van der Waals surface area contributed by atoms with E-state index in [4.69, 9.17) is 0 Å². The molecule has 1 nitrogen and oxygen atoms in total. The van der Waals surface area contributed by atoms with Crippen LogP contribution in [0, 0.1) is 0 Å². The summed E-state index contributed by atoms with van der Waals surface area (Å²) in [4.78, 5) is 12.3. The number of hydrogen-bond acceptors (Lipinski definition) is 3. The Balaban J connectivity index is 1.73. The first-order valence-corrected chi connectivity index (χ1v) is 8.38. The van der Waals surface area contributed by atoms with Crippen LogP contribution < -0.4 is 0 Å². The van der Waals surface area contributed by atoms with Crippen molar-refractivity contribution in [2.75, 3.05) is 5.75 Å². The third kappa shape index (κ3) is 2.47. The molecule has 0 bridgehead atoms. The zero-order valence-corrected chi connectivity index (χ0v) is 11.9. The highest BCUT2D eigenvalue weighted by atomic mass is 32.2. The Morgan fingerprint density at radius 2 is 2.11 bits per heavy atom. The fourth-order valence-electron chi connectivity index (χ4n) is 2.54. The highest BCUT2D eigenvalue weighted by molar-refractivity contribution is 8.00. The Kier molecular flexibility index (Phi) is 3.71. The quantitative estimate of drug-likeness (QED) is 0.749. The molecule has 1 aromatic heterocycles. The maximum atomic E-state index is 12.3. The molecule has 0 saturated heterocycles. The van der Waals surface area contributed by atoms with Crippen molar-refractivity contribution in [1.82, 2.24) is 0 Å². The van der Waals surface area contributed by atoms with E-state index in [1.54, 1.807) is 11.3 Å². The van der Waals surface area contributed by atoms with Crippen molar-refractivity contribution in [2.45, 2.75) is 30.9 Å². The summed E-state index contributed by atoms with van der Waals surface area (Å²) >= 11 is 3.52. The zero-order chi connectivity index (χ0) is 12.4. The van der Waals surface area contributed by atoms with Crippen molar-refractivity contribution in [3.05, 3.63) is 35.2 Å². The van der Waals surface area contributed by atoms with Gasteiger partial charge in [-0.15, -0.1) is 11.3 Å². The first kappa shape index (κ1) is 12.2. The van der Waals surface area contributed by atoms with E-state index in [2.05, 4.69) is 17.5 Å². The largest absolute Gasteiger partial charge is 0.293 e. The lowest BCUT2D eigenvalue weighted by Crippen LogP contribution is -2.06. The predicted molar refractivity (Wildman–Crippen MR) is 80.9 cm³/mol. The molecule has 1 saturated carbocycles. The van der Waals surface area contributed by atoms with Gasteiger partial charge in [0.25, 0.3) is 0 Å². The van der Waals surface area contributed by atoms with Crippen LogP contribution in [0.25, 0.3) is 10.1 Å². The van der Waals surface area contributed by atoms with Crippen molar-refractivity contribution < 1.29 is 4.79 Å². The van der Waals surface area contributed by atoms with E-state index >= 15 is 0 Å². The Hall–Kier alpha value is -0.800. The molecular formula is C15H16OS2. The monoisotopic (exact) mass is 276 g/mol. The van der Waals surface area contributed by atoms with Crippen LogP contribution in [0.4, 0.5) is 0 Å². The van der Waals surface area contributed by atoms with Gasteiger partial charge in [-0.25, -0.2) is 0 Å². The smallest absolute Gasteiger partial charge is 0.174 e. The van der Waals surface area contributed by atoms with E-state index in [0.29, 0.717) is 11.5 Å². The Morgan fingerprint density at radius 3 is 2.94 bits per heavy atom. The Bertz CT molecular complexity index is 552. The van der Waals surface area contributed by atoms with Gasteiger partial charge in [0.15, 0.2) is 5.78 Å². The molecule has 0 spiro atoms. The molecule has 0 unspecified atom stereocenters. The topological polar surface area (TPSA) is 17.1 Å². The molecule has 1 aliphatic rings. The summed E-state index contributed by atoms with van der Waals surface area (Å²) in [6.45, 7) is 0. The van der Waals surface area contributed by atoms with Crippen molar-refractivity contribution in [3.8, 4) is 0 Å². The number of thioether (sulfide) groups is 1. The minimum Gasteiger partial charge on any atom is -0.293 e. The van der Waals surface area contributed by atoms with Gasteiger partial charge < -0.3 is 0 Å². The molecule has 1 fully saturated rings. The molecule has 0 atom stereocenters. The van der Waals surface area contributed by atoms with E-state index in [0.717, 1.165) is 15.5 Å². The van der Waals surface area contributed by atoms with E-state index in [-0.39, 0.29) is 0 Å². The molecule has 0 N–H and O–H groups in total. The standard InChI is InChI=1S/C15H16OS2/c16-14(10-18-12-5-1-2-6-12)13-7-3-4-11-8-9-17-15(11)13/h3-4,7-9,12H,1-2,5-6,10H2. The predicted octanol–water partition coefficient (Wildman–Crippen LogP) is 4.76. The lowest BCUT2D eigenvalue weighted by atomic mass is 10.1. The van der Waals surface area contributed by atoms with Crippen LogP contribution in [0.2, 0.25) is 0 Å². The van der Waals surface area contributed by atoms with Gasteiger partial charge in [-0.1, -0.05) is 25.0 Å². The van der Waals surface area contributed by atoms with Gasteiger partial charge >= 0.3 is 0 Å². The van der Waals surface area contributed by atoms with Gasteiger partial charge in [-0.05, 0) is 35.7 Å². The number of hydrogen-bond donors (Lipinski definition) is 0. The van der Waals surface area contributed by atoms with Gasteiger partial charge in [0.1, 0.15) is 0 Å². The van der Waals surface area contributed by atoms with Gasteiger partial charge in [0, 0.05) is 15.5 Å². The minimum absolute atomic E-state index is 0.292. The third-order valence-electron chi connectivity index (χ3n) is 3.53. The summed E-state index contributed by atoms with van der Waals surface area (Å²) in [7, 11) is 0. The molecule has 0 amide bonds. The third-order valence-corrected chi connectivity index (χ3v) is 5.87. The van der Waals surface area contributed by atoms with E-state index < -0.39 is 0 Å². The maximum Gasteiger partial charge on any atom is 0.174 e. The highest BCUT2D eigenvalue weighted by Crippen LogP contribution is 2.31. The van der Waals surface area contributed by atoms with Gasteiger partial charge in [-0.2, -0.15) is 11.8 Å². The molecule has 1 heterocycles. The van der Waals surface area contributed by atoms with Crippen molar-refractivity contribution in [2.24, 2.45) is 0 Å². The summed E-state index contributed by atoms with van der Waals surface area (Å²) < 4.78 is 1.15. The van der Waals surface area contributed by atoms with Crippen molar-refractivity contribution >= 4 is 39.0 Å². The van der Waals surface area contributed by atoms with Gasteiger partial charge in [0.05, 0.1) is 5.75 Å². The number of ketones is 1. The number of carbonyl (C=O) groups excluding carboxylic acids is 1. The second-order valence-electron chi connectivity index (χ2n) is 4.79. The van der Waals surface area contributed by atoms with Crippen LogP contribution in [0.3, 0.4) is 0 Å². The van der Waals surface area contributed by atoms with Crippen LogP contribution in [-0.4, -0.2) is 16.8 Å². The van der Waals surface area contributed by atoms with Crippen LogP contribution >= 0.6 is 23.1 Å². The lowest BCUT2D eigenvalue weighted by molar-refractivity contribution is 0.102. The molecule has 0 aliphatic heterocycles.